The third-order valence-corrected chi connectivity index (χ3v) is 7.09. The van der Waals surface area contributed by atoms with Crippen molar-refractivity contribution in [1.29, 1.82) is 5.26 Å². The zero-order valence-corrected chi connectivity index (χ0v) is 19.6. The van der Waals surface area contributed by atoms with E-state index >= 15 is 0 Å². The maximum atomic E-state index is 13.6. The minimum Gasteiger partial charge on any atom is -0.459 e. The first-order valence-corrected chi connectivity index (χ1v) is 12.2. The highest BCUT2D eigenvalue weighted by Crippen LogP contribution is 2.33. The van der Waals surface area contributed by atoms with Gasteiger partial charge in [0.05, 0.1) is 6.26 Å². The molecule has 1 aliphatic heterocycles. The second kappa shape index (κ2) is 9.76. The molecule has 0 saturated carbocycles. The summed E-state index contributed by atoms with van der Waals surface area (Å²) in [6.07, 6.45) is 7.00. The van der Waals surface area contributed by atoms with Crippen molar-refractivity contribution in [1.82, 2.24) is 9.88 Å². The Hall–Kier alpha value is -3.53. The van der Waals surface area contributed by atoms with Crippen LogP contribution < -0.4 is 4.90 Å². The molecule has 1 aromatic carbocycles. The molecule has 0 bridgehead atoms. The van der Waals surface area contributed by atoms with Crippen LogP contribution in [0.4, 0.5) is 5.88 Å². The fourth-order valence-electron chi connectivity index (χ4n) is 5.33. The number of benzene rings is 1. The van der Waals surface area contributed by atoms with E-state index in [4.69, 9.17) is 8.83 Å². The third-order valence-electron chi connectivity index (χ3n) is 7.09. The lowest BCUT2D eigenvalue weighted by Crippen LogP contribution is -2.48. The van der Waals surface area contributed by atoms with Gasteiger partial charge < -0.3 is 18.6 Å². The molecular formula is C27H30N4O3. The van der Waals surface area contributed by atoms with E-state index in [9.17, 15) is 10.1 Å². The van der Waals surface area contributed by atoms with Crippen LogP contribution in [0.3, 0.4) is 0 Å². The Labute approximate surface area is 200 Å². The second-order valence-electron chi connectivity index (χ2n) is 9.22. The summed E-state index contributed by atoms with van der Waals surface area (Å²) in [5.41, 5.74) is 3.05. The number of nitrogens with zero attached hydrogens (tertiary/aromatic N) is 4. The maximum absolute atomic E-state index is 13.6. The molecule has 1 fully saturated rings. The van der Waals surface area contributed by atoms with Crippen molar-refractivity contribution < 1.29 is 13.6 Å². The maximum Gasteiger partial charge on any atom is 0.266 e. The number of rotatable bonds is 6. The van der Waals surface area contributed by atoms with Crippen molar-refractivity contribution in [3.63, 3.8) is 0 Å². The molecule has 5 rings (SSSR count). The molecule has 34 heavy (non-hydrogen) atoms. The summed E-state index contributed by atoms with van der Waals surface area (Å²) in [5, 5.41) is 9.56. The molecule has 1 amide bonds. The van der Waals surface area contributed by atoms with Crippen molar-refractivity contribution in [2.45, 2.75) is 51.5 Å². The molecule has 1 atom stereocenters. The van der Waals surface area contributed by atoms with Gasteiger partial charge in [0.15, 0.2) is 5.76 Å². The van der Waals surface area contributed by atoms with Gasteiger partial charge in [-0.3, -0.25) is 4.79 Å². The summed E-state index contributed by atoms with van der Waals surface area (Å²) in [5.74, 6) is 1.55. The molecule has 2 aromatic heterocycles. The first-order valence-electron chi connectivity index (χ1n) is 12.2. The molecule has 7 nitrogen and oxygen atoms in total. The highest BCUT2D eigenvalue weighted by atomic mass is 16.4. The molecule has 3 heterocycles. The average molecular weight is 459 g/mol. The van der Waals surface area contributed by atoms with Gasteiger partial charge in [-0.05, 0) is 61.8 Å². The Bertz CT molecular complexity index is 1170. The van der Waals surface area contributed by atoms with E-state index < -0.39 is 0 Å². The molecule has 2 aliphatic rings. The fraction of sp³-hybridized carbons (Fsp3) is 0.444. The second-order valence-corrected chi connectivity index (χ2v) is 9.22. The standard InChI is InChI=1S/C27H30N4O3/c1-2-13-31(22-10-9-19-6-3-4-7-21(19)17-22)26(32)20-11-14-30(15-12-20)27-23(18-28)29-25(34-27)24-8-5-16-33-24/h3-8,16,20,22H,2,9-15,17H2,1H3. The molecule has 1 aliphatic carbocycles. The lowest BCUT2D eigenvalue weighted by molar-refractivity contribution is -0.139. The van der Waals surface area contributed by atoms with Crippen molar-refractivity contribution in [2.24, 2.45) is 5.92 Å². The van der Waals surface area contributed by atoms with E-state index in [0.29, 0.717) is 30.6 Å². The van der Waals surface area contributed by atoms with Crippen LogP contribution in [0.25, 0.3) is 11.7 Å². The zero-order chi connectivity index (χ0) is 23.5. The molecule has 7 heteroatoms. The number of hydrogen-bond acceptors (Lipinski definition) is 6. The number of nitriles is 1. The van der Waals surface area contributed by atoms with Crippen molar-refractivity contribution in [3.05, 3.63) is 59.5 Å². The smallest absolute Gasteiger partial charge is 0.266 e. The molecule has 1 unspecified atom stereocenters. The Morgan fingerprint density at radius 1 is 1.18 bits per heavy atom. The normalized spacial score (nSPS) is 18.4. The van der Waals surface area contributed by atoms with E-state index in [-0.39, 0.29) is 23.6 Å². The number of hydrogen-bond donors (Lipinski definition) is 0. The lowest BCUT2D eigenvalue weighted by atomic mass is 9.86. The van der Waals surface area contributed by atoms with Gasteiger partial charge in [0.25, 0.3) is 5.89 Å². The number of fused-ring (bicyclic) bond motifs is 1. The monoisotopic (exact) mass is 458 g/mol. The predicted octanol–water partition coefficient (Wildman–Crippen LogP) is 4.82. The van der Waals surface area contributed by atoms with Gasteiger partial charge >= 0.3 is 0 Å². The van der Waals surface area contributed by atoms with Gasteiger partial charge in [0.1, 0.15) is 6.07 Å². The SMILES string of the molecule is CCCN(C(=O)C1CCN(c2oc(-c3ccco3)nc2C#N)CC1)C1CCc2ccccc2C1. The first kappa shape index (κ1) is 22.3. The van der Waals surface area contributed by atoms with Crippen LogP contribution in [0, 0.1) is 17.2 Å². The highest BCUT2D eigenvalue weighted by molar-refractivity contribution is 5.79. The van der Waals surface area contributed by atoms with Gasteiger partial charge in [0, 0.05) is 31.6 Å². The number of furan rings is 1. The molecule has 0 spiro atoms. The quantitative estimate of drug-likeness (QED) is 0.526. The van der Waals surface area contributed by atoms with Gasteiger partial charge in [-0.25, -0.2) is 0 Å². The largest absolute Gasteiger partial charge is 0.459 e. The summed E-state index contributed by atoms with van der Waals surface area (Å²) in [7, 11) is 0. The Morgan fingerprint density at radius 2 is 1.97 bits per heavy atom. The Kier molecular flexibility index (Phi) is 6.39. The van der Waals surface area contributed by atoms with Gasteiger partial charge in [-0.2, -0.15) is 10.2 Å². The molecule has 0 N–H and O–H groups in total. The topological polar surface area (TPSA) is 86.5 Å². The van der Waals surface area contributed by atoms with Crippen LogP contribution in [-0.2, 0) is 17.6 Å². The number of anilines is 1. The zero-order valence-electron chi connectivity index (χ0n) is 19.6. The minimum absolute atomic E-state index is 0.00188. The van der Waals surface area contributed by atoms with Crippen LogP contribution in [-0.4, -0.2) is 41.5 Å². The van der Waals surface area contributed by atoms with Crippen molar-refractivity contribution in [3.8, 4) is 17.7 Å². The van der Waals surface area contributed by atoms with Crippen LogP contribution in [0.1, 0.15) is 49.4 Å². The van der Waals surface area contributed by atoms with Crippen molar-refractivity contribution >= 4 is 11.8 Å². The summed E-state index contributed by atoms with van der Waals surface area (Å²) < 4.78 is 11.3. The predicted molar refractivity (Wildman–Crippen MR) is 128 cm³/mol. The summed E-state index contributed by atoms with van der Waals surface area (Å²) in [6, 6.07) is 14.5. The number of aromatic nitrogens is 1. The van der Waals surface area contributed by atoms with E-state index in [1.54, 1.807) is 18.4 Å². The number of aryl methyl sites for hydroxylation is 1. The summed E-state index contributed by atoms with van der Waals surface area (Å²) in [4.78, 5) is 22.1. The van der Waals surface area contributed by atoms with Crippen LogP contribution in [0.2, 0.25) is 0 Å². The van der Waals surface area contributed by atoms with E-state index in [0.717, 1.165) is 45.1 Å². The van der Waals surface area contributed by atoms with Crippen LogP contribution in [0.5, 0.6) is 0 Å². The number of carbonyl (C=O) groups is 1. The molecule has 0 radical (unpaired) electrons. The molecular weight excluding hydrogens is 428 g/mol. The fourth-order valence-corrected chi connectivity index (χ4v) is 5.33. The van der Waals surface area contributed by atoms with E-state index in [1.807, 2.05) is 4.90 Å². The Balaban J connectivity index is 1.26. The van der Waals surface area contributed by atoms with Gasteiger partial charge in [-0.1, -0.05) is 31.2 Å². The van der Waals surface area contributed by atoms with Crippen LogP contribution >= 0.6 is 0 Å². The van der Waals surface area contributed by atoms with E-state index in [1.165, 1.54) is 11.1 Å². The first-order chi connectivity index (χ1) is 16.7. The number of carbonyl (C=O) groups excluding carboxylic acids is 1. The third kappa shape index (κ3) is 4.33. The molecule has 1 saturated heterocycles. The number of piperidine rings is 1. The number of oxazole rings is 1. The summed E-state index contributed by atoms with van der Waals surface area (Å²) >= 11 is 0. The summed E-state index contributed by atoms with van der Waals surface area (Å²) in [6.45, 7) is 4.26. The Morgan fingerprint density at radius 3 is 2.68 bits per heavy atom. The molecule has 176 valence electrons. The van der Waals surface area contributed by atoms with Gasteiger partial charge in [0.2, 0.25) is 17.5 Å². The molecule has 3 aromatic rings. The number of amides is 1. The minimum atomic E-state index is -0.00188. The van der Waals surface area contributed by atoms with Crippen molar-refractivity contribution in [2.75, 3.05) is 24.5 Å². The van der Waals surface area contributed by atoms with E-state index in [2.05, 4.69) is 47.1 Å². The average Bonchev–Trinajstić information content (AvgIpc) is 3.57. The lowest BCUT2D eigenvalue weighted by Gasteiger charge is -2.39. The van der Waals surface area contributed by atoms with Crippen LogP contribution in [0.15, 0.2) is 51.5 Å². The highest BCUT2D eigenvalue weighted by Gasteiger charge is 2.34. The van der Waals surface area contributed by atoms with Gasteiger partial charge in [-0.15, -0.1) is 0 Å².